The molecule has 0 saturated heterocycles. The van der Waals surface area contributed by atoms with Crippen LogP contribution in [0.1, 0.15) is 36.8 Å². The van der Waals surface area contributed by atoms with Gasteiger partial charge in [-0.3, -0.25) is 0 Å². The van der Waals surface area contributed by atoms with E-state index in [2.05, 4.69) is 10.8 Å². The lowest BCUT2D eigenvalue weighted by atomic mass is 10.1. The van der Waals surface area contributed by atoms with Crippen molar-refractivity contribution in [1.29, 1.82) is 5.26 Å². The maximum absolute atomic E-state index is 12.4. The van der Waals surface area contributed by atoms with Crippen LogP contribution in [0.3, 0.4) is 0 Å². The molecule has 3 rings (SSSR count). The zero-order valence-corrected chi connectivity index (χ0v) is 12.1. The summed E-state index contributed by atoms with van der Waals surface area (Å²) >= 11 is 0. The number of nitrogens with one attached hydrogen (secondary N) is 1. The van der Waals surface area contributed by atoms with Crippen molar-refractivity contribution in [3.8, 4) is 6.07 Å². The predicted octanol–water partition coefficient (Wildman–Crippen LogP) is 2.15. The summed E-state index contributed by atoms with van der Waals surface area (Å²) in [6.45, 7) is 0. The van der Waals surface area contributed by atoms with Crippen LogP contribution in [-0.4, -0.2) is 14.5 Å². The zero-order chi connectivity index (χ0) is 14.2. The Bertz CT molecular complexity index is 661. The van der Waals surface area contributed by atoms with Crippen LogP contribution in [0.15, 0.2) is 23.1 Å². The molecule has 2 aliphatic carbocycles. The number of nitriles is 1. The highest BCUT2D eigenvalue weighted by Crippen LogP contribution is 2.28. The van der Waals surface area contributed by atoms with Crippen molar-refractivity contribution < 1.29 is 8.42 Å². The highest BCUT2D eigenvalue weighted by Gasteiger charge is 2.31. The number of benzene rings is 1. The number of nitrogens with zero attached hydrogens (tertiary/aromatic N) is 1. The fourth-order valence-electron chi connectivity index (χ4n) is 3.24. The van der Waals surface area contributed by atoms with Gasteiger partial charge in [0.15, 0.2) is 0 Å². The molecular weight excluding hydrogens is 272 g/mol. The molecule has 0 amide bonds. The Kier molecular flexibility index (Phi) is 3.53. The van der Waals surface area contributed by atoms with Crippen molar-refractivity contribution in [3.05, 3.63) is 29.3 Å². The lowest BCUT2D eigenvalue weighted by Gasteiger charge is -2.16. The fraction of sp³-hybridized carbons (Fsp3) is 0.533. The third-order valence-electron chi connectivity index (χ3n) is 4.37. The molecule has 1 saturated carbocycles. The topological polar surface area (TPSA) is 70.0 Å². The summed E-state index contributed by atoms with van der Waals surface area (Å²) < 4.78 is 27.6. The highest BCUT2D eigenvalue weighted by atomic mass is 32.2. The number of aryl methyl sites for hydroxylation is 2. The lowest BCUT2D eigenvalue weighted by Crippen LogP contribution is -2.36. The first-order chi connectivity index (χ1) is 9.60. The molecule has 106 valence electrons. The highest BCUT2D eigenvalue weighted by molar-refractivity contribution is 7.89. The molecule has 0 aliphatic heterocycles. The number of fused-ring (bicyclic) bond motifs is 1. The fourth-order valence-corrected chi connectivity index (χ4v) is 4.60. The average molecular weight is 290 g/mol. The molecule has 2 unspecified atom stereocenters. The smallest absolute Gasteiger partial charge is 0.207 e. The summed E-state index contributed by atoms with van der Waals surface area (Å²) in [5, 5.41) is 9.05. The Morgan fingerprint density at radius 1 is 1.15 bits per heavy atom. The molecule has 0 heterocycles. The first-order valence-electron chi connectivity index (χ1n) is 7.14. The van der Waals surface area contributed by atoms with Crippen LogP contribution in [0.25, 0.3) is 0 Å². The van der Waals surface area contributed by atoms with Crippen LogP contribution < -0.4 is 4.72 Å². The summed E-state index contributed by atoms with van der Waals surface area (Å²) in [7, 11) is -3.51. The number of sulfonamides is 1. The second-order valence-corrected chi connectivity index (χ2v) is 7.39. The number of hydrogen-bond donors (Lipinski definition) is 1. The maximum atomic E-state index is 12.4. The van der Waals surface area contributed by atoms with Crippen LogP contribution >= 0.6 is 0 Å². The van der Waals surface area contributed by atoms with E-state index in [1.807, 2.05) is 6.07 Å². The molecule has 0 aromatic heterocycles. The molecule has 5 heteroatoms. The van der Waals surface area contributed by atoms with Gasteiger partial charge in [0, 0.05) is 6.04 Å². The summed E-state index contributed by atoms with van der Waals surface area (Å²) in [5.41, 5.74) is 2.41. The minimum absolute atomic E-state index is 0.195. The molecule has 1 aromatic rings. The van der Waals surface area contributed by atoms with Gasteiger partial charge >= 0.3 is 0 Å². The van der Waals surface area contributed by atoms with Gasteiger partial charge in [-0.15, -0.1) is 0 Å². The van der Waals surface area contributed by atoms with E-state index in [4.69, 9.17) is 5.26 Å². The molecule has 0 radical (unpaired) electrons. The summed E-state index contributed by atoms with van der Waals surface area (Å²) in [6, 6.07) is 7.36. The van der Waals surface area contributed by atoms with Crippen LogP contribution in [-0.2, 0) is 22.9 Å². The molecule has 1 fully saturated rings. The molecule has 20 heavy (non-hydrogen) atoms. The Labute approximate surface area is 119 Å². The van der Waals surface area contributed by atoms with E-state index in [0.717, 1.165) is 44.1 Å². The van der Waals surface area contributed by atoms with E-state index in [9.17, 15) is 8.42 Å². The molecule has 1 N–H and O–H groups in total. The van der Waals surface area contributed by atoms with Gasteiger partial charge in [0.1, 0.15) is 0 Å². The average Bonchev–Trinajstić information content (AvgIpc) is 3.05. The van der Waals surface area contributed by atoms with Crippen molar-refractivity contribution in [2.75, 3.05) is 0 Å². The summed E-state index contributed by atoms with van der Waals surface area (Å²) in [5.74, 6) is -0.195. The Morgan fingerprint density at radius 2 is 1.95 bits per heavy atom. The second kappa shape index (κ2) is 5.19. The van der Waals surface area contributed by atoms with Crippen LogP contribution in [0, 0.1) is 17.2 Å². The van der Waals surface area contributed by atoms with E-state index < -0.39 is 10.0 Å². The molecular formula is C15H18N2O2S. The third-order valence-corrected chi connectivity index (χ3v) is 5.86. The Balaban J connectivity index is 1.83. The molecule has 1 aromatic carbocycles. The van der Waals surface area contributed by atoms with E-state index in [0.29, 0.717) is 4.90 Å². The van der Waals surface area contributed by atoms with Crippen molar-refractivity contribution in [2.24, 2.45) is 5.92 Å². The maximum Gasteiger partial charge on any atom is 0.240 e. The second-order valence-electron chi connectivity index (χ2n) is 5.68. The van der Waals surface area contributed by atoms with E-state index >= 15 is 0 Å². The molecule has 4 nitrogen and oxygen atoms in total. The van der Waals surface area contributed by atoms with Crippen molar-refractivity contribution >= 4 is 10.0 Å². The molecule has 0 bridgehead atoms. The van der Waals surface area contributed by atoms with Gasteiger partial charge in [-0.25, -0.2) is 13.1 Å². The standard InChI is InChI=1S/C15H18N2O2S/c16-10-13-5-2-6-15(13)17-20(18,19)14-8-7-11-3-1-4-12(11)9-14/h7-9,13,15,17H,1-6H2. The molecule has 2 atom stereocenters. The van der Waals surface area contributed by atoms with Gasteiger partial charge in [0.05, 0.1) is 16.9 Å². The normalized spacial score (nSPS) is 25.4. The van der Waals surface area contributed by atoms with Crippen molar-refractivity contribution in [3.63, 3.8) is 0 Å². The first kappa shape index (κ1) is 13.6. The molecule has 2 aliphatic rings. The Hall–Kier alpha value is -1.38. The van der Waals surface area contributed by atoms with Gasteiger partial charge in [0.2, 0.25) is 10.0 Å². The van der Waals surface area contributed by atoms with Gasteiger partial charge in [-0.2, -0.15) is 5.26 Å². The minimum Gasteiger partial charge on any atom is -0.207 e. The van der Waals surface area contributed by atoms with E-state index in [1.165, 1.54) is 5.56 Å². The minimum atomic E-state index is -3.51. The summed E-state index contributed by atoms with van der Waals surface area (Å²) in [4.78, 5) is 0.335. The quantitative estimate of drug-likeness (QED) is 0.927. The largest absolute Gasteiger partial charge is 0.240 e. The monoisotopic (exact) mass is 290 g/mol. The van der Waals surface area contributed by atoms with Crippen molar-refractivity contribution in [2.45, 2.75) is 49.5 Å². The lowest BCUT2D eigenvalue weighted by molar-refractivity contribution is 0.515. The molecule has 0 spiro atoms. The van der Waals surface area contributed by atoms with Gasteiger partial charge in [-0.05, 0) is 55.4 Å². The van der Waals surface area contributed by atoms with Gasteiger partial charge in [-0.1, -0.05) is 12.5 Å². The third kappa shape index (κ3) is 2.46. The van der Waals surface area contributed by atoms with E-state index in [-0.39, 0.29) is 12.0 Å². The summed E-state index contributed by atoms with van der Waals surface area (Å²) in [6.07, 6.45) is 5.56. The van der Waals surface area contributed by atoms with Gasteiger partial charge in [0.25, 0.3) is 0 Å². The first-order valence-corrected chi connectivity index (χ1v) is 8.62. The number of rotatable bonds is 3. The van der Waals surface area contributed by atoms with Crippen LogP contribution in [0.2, 0.25) is 0 Å². The van der Waals surface area contributed by atoms with Crippen LogP contribution in [0.5, 0.6) is 0 Å². The van der Waals surface area contributed by atoms with Crippen LogP contribution in [0.4, 0.5) is 0 Å². The Morgan fingerprint density at radius 3 is 2.75 bits per heavy atom. The predicted molar refractivity (Wildman–Crippen MR) is 75.5 cm³/mol. The van der Waals surface area contributed by atoms with E-state index in [1.54, 1.807) is 12.1 Å². The van der Waals surface area contributed by atoms with Crippen molar-refractivity contribution in [1.82, 2.24) is 4.72 Å². The SMILES string of the molecule is N#CC1CCCC1NS(=O)(=O)c1ccc2c(c1)CCC2. The van der Waals surface area contributed by atoms with Gasteiger partial charge < -0.3 is 0 Å². The number of hydrogen-bond acceptors (Lipinski definition) is 3. The zero-order valence-electron chi connectivity index (χ0n) is 11.3.